The number of hydrogen-bond donors (Lipinski definition) is 2. The molecule has 0 unspecified atom stereocenters. The summed E-state index contributed by atoms with van der Waals surface area (Å²) < 4.78 is 11.2. The minimum atomic E-state index is -0.980. The van der Waals surface area contributed by atoms with Crippen LogP contribution in [0.25, 0.3) is 0 Å². The van der Waals surface area contributed by atoms with Gasteiger partial charge in [-0.05, 0) is 23.6 Å². The highest BCUT2D eigenvalue weighted by Crippen LogP contribution is 2.26. The summed E-state index contributed by atoms with van der Waals surface area (Å²) in [7, 11) is 1.60. The number of amides is 1. The molecule has 0 aliphatic rings. The molecular formula is C20H23NO5. The summed E-state index contributed by atoms with van der Waals surface area (Å²) in [6, 6.07) is 15.4. The van der Waals surface area contributed by atoms with Crippen molar-refractivity contribution in [3.63, 3.8) is 0 Å². The Kier molecular flexibility index (Phi) is 7.49. The number of rotatable bonds is 10. The lowest BCUT2D eigenvalue weighted by Gasteiger charge is -2.13. The van der Waals surface area contributed by atoms with Gasteiger partial charge in [-0.2, -0.15) is 0 Å². The van der Waals surface area contributed by atoms with Crippen LogP contribution in [0.4, 0.5) is 0 Å². The summed E-state index contributed by atoms with van der Waals surface area (Å²) in [6.07, 6.45) is 0.391. The van der Waals surface area contributed by atoms with Gasteiger partial charge in [0.25, 0.3) is 0 Å². The van der Waals surface area contributed by atoms with E-state index < -0.39 is 5.97 Å². The first-order chi connectivity index (χ1) is 12.6. The molecule has 0 aliphatic carbocycles. The fraction of sp³-hybridized carbons (Fsp3) is 0.300. The van der Waals surface area contributed by atoms with Gasteiger partial charge in [0.05, 0.1) is 13.5 Å². The van der Waals surface area contributed by atoms with Crippen LogP contribution in [-0.4, -0.2) is 30.6 Å². The minimum absolute atomic E-state index is 0.0185. The van der Waals surface area contributed by atoms with Crippen LogP contribution in [-0.2, 0) is 22.6 Å². The van der Waals surface area contributed by atoms with Crippen LogP contribution in [0.5, 0.6) is 11.5 Å². The second-order valence-electron chi connectivity index (χ2n) is 5.74. The maximum absolute atomic E-state index is 11.6. The first kappa shape index (κ1) is 19.3. The van der Waals surface area contributed by atoms with Crippen molar-refractivity contribution < 1.29 is 24.2 Å². The zero-order chi connectivity index (χ0) is 18.8. The lowest BCUT2D eigenvalue weighted by molar-refractivity contribution is -0.138. The molecule has 0 spiro atoms. The normalized spacial score (nSPS) is 10.2. The smallest absolute Gasteiger partial charge is 0.303 e. The topological polar surface area (TPSA) is 84.9 Å². The Morgan fingerprint density at radius 2 is 1.85 bits per heavy atom. The number of methoxy groups -OCH3 is 1. The first-order valence-electron chi connectivity index (χ1n) is 8.40. The summed E-state index contributed by atoms with van der Waals surface area (Å²) in [5.74, 6) is 0.148. The van der Waals surface area contributed by atoms with Gasteiger partial charge >= 0.3 is 5.97 Å². The molecule has 1 amide bonds. The molecule has 2 rings (SSSR count). The van der Waals surface area contributed by atoms with E-state index in [1.54, 1.807) is 7.11 Å². The molecule has 0 atom stereocenters. The second-order valence-corrected chi connectivity index (χ2v) is 5.74. The van der Waals surface area contributed by atoms with Crippen LogP contribution in [0.1, 0.15) is 24.0 Å². The molecule has 26 heavy (non-hydrogen) atoms. The van der Waals surface area contributed by atoms with Crippen molar-refractivity contribution >= 4 is 11.9 Å². The molecule has 138 valence electrons. The second kappa shape index (κ2) is 10.1. The van der Waals surface area contributed by atoms with Gasteiger partial charge in [-0.25, -0.2) is 0 Å². The van der Waals surface area contributed by atoms with Gasteiger partial charge in [0, 0.05) is 19.0 Å². The quantitative estimate of drug-likeness (QED) is 0.683. The third kappa shape index (κ3) is 6.47. The highest BCUT2D eigenvalue weighted by atomic mass is 16.5. The van der Waals surface area contributed by atoms with E-state index in [0.29, 0.717) is 31.1 Å². The molecule has 2 N–H and O–H groups in total. The summed E-state index contributed by atoms with van der Waals surface area (Å²) in [5, 5.41) is 11.3. The van der Waals surface area contributed by atoms with E-state index in [1.807, 2.05) is 48.5 Å². The van der Waals surface area contributed by atoms with Crippen molar-refractivity contribution in [3.05, 3.63) is 59.7 Å². The highest BCUT2D eigenvalue weighted by Gasteiger charge is 2.09. The Hall–Kier alpha value is -3.02. The molecule has 0 saturated heterocycles. The third-order valence-electron chi connectivity index (χ3n) is 3.79. The van der Waals surface area contributed by atoms with Crippen LogP contribution in [0, 0.1) is 0 Å². The average Bonchev–Trinajstić information content (AvgIpc) is 2.66. The maximum atomic E-state index is 11.6. The minimum Gasteiger partial charge on any atom is -0.497 e. The number of carboxylic acid groups (broad SMARTS) is 1. The Balaban J connectivity index is 1.94. The molecule has 0 fully saturated rings. The standard InChI is InChI=1S/C20H23NO5/c1-25-17-8-7-16(11-12-21-19(22)9-10-20(23)24)18(13-17)26-14-15-5-3-2-4-6-15/h2-8,13H,9-12,14H2,1H3,(H,21,22)(H,23,24). The van der Waals surface area contributed by atoms with E-state index in [0.717, 1.165) is 11.1 Å². The molecule has 0 bridgehead atoms. The Bertz CT molecular complexity index is 730. The van der Waals surface area contributed by atoms with Crippen LogP contribution >= 0.6 is 0 Å². The largest absolute Gasteiger partial charge is 0.497 e. The summed E-state index contributed by atoms with van der Waals surface area (Å²) in [4.78, 5) is 22.1. The number of nitrogens with one attached hydrogen (secondary N) is 1. The lowest BCUT2D eigenvalue weighted by atomic mass is 10.1. The molecule has 0 aliphatic heterocycles. The van der Waals surface area contributed by atoms with Crippen molar-refractivity contribution in [2.24, 2.45) is 0 Å². The van der Waals surface area contributed by atoms with Gasteiger partial charge in [-0.1, -0.05) is 36.4 Å². The van der Waals surface area contributed by atoms with Gasteiger partial charge < -0.3 is 19.9 Å². The van der Waals surface area contributed by atoms with E-state index in [9.17, 15) is 9.59 Å². The molecule has 6 heteroatoms. The Morgan fingerprint density at radius 1 is 1.08 bits per heavy atom. The molecule has 6 nitrogen and oxygen atoms in total. The van der Waals surface area contributed by atoms with Crippen molar-refractivity contribution in [1.29, 1.82) is 0 Å². The molecule has 2 aromatic rings. The number of carbonyl (C=O) groups is 2. The molecule has 0 aromatic heterocycles. The number of carbonyl (C=O) groups excluding carboxylic acids is 1. The Morgan fingerprint density at radius 3 is 2.54 bits per heavy atom. The van der Waals surface area contributed by atoms with Gasteiger partial charge in [-0.15, -0.1) is 0 Å². The predicted molar refractivity (Wildman–Crippen MR) is 97.4 cm³/mol. The fourth-order valence-corrected chi connectivity index (χ4v) is 2.38. The van der Waals surface area contributed by atoms with E-state index in [4.69, 9.17) is 14.6 Å². The number of carboxylic acids is 1. The van der Waals surface area contributed by atoms with Crippen LogP contribution in [0.2, 0.25) is 0 Å². The number of hydrogen-bond acceptors (Lipinski definition) is 4. The molecule has 0 radical (unpaired) electrons. The number of aliphatic carboxylic acids is 1. The third-order valence-corrected chi connectivity index (χ3v) is 3.79. The zero-order valence-corrected chi connectivity index (χ0v) is 14.7. The number of ether oxygens (including phenoxy) is 2. The average molecular weight is 357 g/mol. The van der Waals surface area contributed by atoms with Crippen LogP contribution in [0.15, 0.2) is 48.5 Å². The predicted octanol–water partition coefficient (Wildman–Crippen LogP) is 2.80. The van der Waals surface area contributed by atoms with E-state index >= 15 is 0 Å². The zero-order valence-electron chi connectivity index (χ0n) is 14.7. The van der Waals surface area contributed by atoms with Gasteiger partial charge in [-0.3, -0.25) is 9.59 Å². The van der Waals surface area contributed by atoms with Gasteiger partial charge in [0.2, 0.25) is 5.91 Å². The van der Waals surface area contributed by atoms with Crippen molar-refractivity contribution in [2.45, 2.75) is 25.9 Å². The maximum Gasteiger partial charge on any atom is 0.303 e. The van der Waals surface area contributed by atoms with Crippen molar-refractivity contribution in [2.75, 3.05) is 13.7 Å². The van der Waals surface area contributed by atoms with Crippen molar-refractivity contribution in [3.8, 4) is 11.5 Å². The van der Waals surface area contributed by atoms with Crippen LogP contribution < -0.4 is 14.8 Å². The van der Waals surface area contributed by atoms with Gasteiger partial charge in [0.1, 0.15) is 18.1 Å². The molecule has 2 aromatic carbocycles. The molecule has 0 heterocycles. The SMILES string of the molecule is COc1ccc(CCNC(=O)CCC(=O)O)c(OCc2ccccc2)c1. The van der Waals surface area contributed by atoms with E-state index in [1.165, 1.54) is 0 Å². The summed E-state index contributed by atoms with van der Waals surface area (Å²) in [5.41, 5.74) is 2.00. The van der Waals surface area contributed by atoms with Crippen LogP contribution in [0.3, 0.4) is 0 Å². The fourth-order valence-electron chi connectivity index (χ4n) is 2.38. The molecular weight excluding hydrogens is 334 g/mol. The summed E-state index contributed by atoms with van der Waals surface area (Å²) in [6.45, 7) is 0.846. The van der Waals surface area contributed by atoms with Gasteiger partial charge in [0.15, 0.2) is 0 Å². The van der Waals surface area contributed by atoms with E-state index in [2.05, 4.69) is 5.32 Å². The molecule has 0 saturated carbocycles. The van der Waals surface area contributed by atoms with Crippen molar-refractivity contribution in [1.82, 2.24) is 5.32 Å². The first-order valence-corrected chi connectivity index (χ1v) is 8.40. The summed E-state index contributed by atoms with van der Waals surface area (Å²) >= 11 is 0. The number of benzene rings is 2. The monoisotopic (exact) mass is 357 g/mol. The Labute approximate surface area is 152 Å². The lowest BCUT2D eigenvalue weighted by Crippen LogP contribution is -2.26. The van der Waals surface area contributed by atoms with E-state index in [-0.39, 0.29) is 18.7 Å². The highest BCUT2D eigenvalue weighted by molar-refractivity contribution is 5.80.